The van der Waals surface area contributed by atoms with Crippen molar-refractivity contribution in [3.05, 3.63) is 17.8 Å². The molecule has 3 heteroatoms. The van der Waals surface area contributed by atoms with E-state index in [-0.39, 0.29) is 0 Å². The van der Waals surface area contributed by atoms with Crippen LogP contribution in [0.2, 0.25) is 0 Å². The molecule has 1 fully saturated rings. The van der Waals surface area contributed by atoms with Crippen LogP contribution in [0.4, 0.5) is 0 Å². The van der Waals surface area contributed by atoms with Crippen LogP contribution in [-0.4, -0.2) is 11.0 Å². The Labute approximate surface area is 97.6 Å². The van der Waals surface area contributed by atoms with Crippen molar-refractivity contribution >= 4 is 0 Å². The predicted molar refractivity (Wildman–Crippen MR) is 64.1 cm³/mol. The summed E-state index contributed by atoms with van der Waals surface area (Å²) in [5, 5.41) is 3.55. The van der Waals surface area contributed by atoms with Gasteiger partial charge in [-0.15, -0.1) is 0 Å². The molecule has 1 N–H and O–H groups in total. The van der Waals surface area contributed by atoms with Crippen molar-refractivity contribution in [2.75, 3.05) is 0 Å². The zero-order valence-corrected chi connectivity index (χ0v) is 10.3. The first-order chi connectivity index (χ1) is 7.78. The van der Waals surface area contributed by atoms with Gasteiger partial charge in [-0.25, -0.2) is 4.98 Å². The highest BCUT2D eigenvalue weighted by molar-refractivity contribution is 4.93. The molecule has 0 bridgehead atoms. The SMILES string of the molecule is CCc1cnc(CNC2CCCC(C)C2)o1. The standard InChI is InChI=1S/C13H22N2O/c1-3-12-8-15-13(16-12)9-14-11-6-4-5-10(2)7-11/h8,10-11,14H,3-7,9H2,1-2H3. The summed E-state index contributed by atoms with van der Waals surface area (Å²) < 4.78 is 5.58. The van der Waals surface area contributed by atoms with Gasteiger partial charge in [0.05, 0.1) is 12.7 Å². The van der Waals surface area contributed by atoms with Crippen LogP contribution in [0.3, 0.4) is 0 Å². The lowest BCUT2D eigenvalue weighted by molar-refractivity contribution is 0.291. The maximum atomic E-state index is 5.58. The lowest BCUT2D eigenvalue weighted by Gasteiger charge is -2.27. The topological polar surface area (TPSA) is 38.1 Å². The molecule has 0 aromatic carbocycles. The number of aryl methyl sites for hydroxylation is 1. The maximum absolute atomic E-state index is 5.58. The Hall–Kier alpha value is -0.830. The van der Waals surface area contributed by atoms with Gasteiger partial charge in [0.15, 0.2) is 0 Å². The molecule has 1 aliphatic carbocycles. The van der Waals surface area contributed by atoms with Crippen LogP contribution < -0.4 is 5.32 Å². The highest BCUT2D eigenvalue weighted by Crippen LogP contribution is 2.23. The smallest absolute Gasteiger partial charge is 0.208 e. The third kappa shape index (κ3) is 3.08. The van der Waals surface area contributed by atoms with E-state index < -0.39 is 0 Å². The van der Waals surface area contributed by atoms with Crippen molar-refractivity contribution in [1.29, 1.82) is 0 Å². The molecule has 1 saturated carbocycles. The van der Waals surface area contributed by atoms with Crippen LogP contribution in [0.15, 0.2) is 10.6 Å². The molecule has 90 valence electrons. The zero-order chi connectivity index (χ0) is 11.4. The highest BCUT2D eigenvalue weighted by atomic mass is 16.4. The second kappa shape index (κ2) is 5.48. The van der Waals surface area contributed by atoms with E-state index in [2.05, 4.69) is 24.1 Å². The molecule has 0 aliphatic heterocycles. The molecule has 16 heavy (non-hydrogen) atoms. The second-order valence-electron chi connectivity index (χ2n) is 4.92. The van der Waals surface area contributed by atoms with E-state index >= 15 is 0 Å². The number of rotatable bonds is 4. The number of hydrogen-bond acceptors (Lipinski definition) is 3. The van der Waals surface area contributed by atoms with Gasteiger partial charge in [0, 0.05) is 12.5 Å². The fourth-order valence-corrected chi connectivity index (χ4v) is 2.44. The summed E-state index contributed by atoms with van der Waals surface area (Å²) in [7, 11) is 0. The normalized spacial score (nSPS) is 25.9. The molecule has 2 rings (SSSR count). The molecular formula is C13H22N2O. The Bertz CT molecular complexity index is 321. The fraction of sp³-hybridized carbons (Fsp3) is 0.769. The van der Waals surface area contributed by atoms with Crippen molar-refractivity contribution in [2.45, 2.75) is 58.5 Å². The molecule has 2 unspecified atom stereocenters. The molecule has 1 aromatic rings. The predicted octanol–water partition coefficient (Wildman–Crippen LogP) is 2.91. The molecule has 2 atom stereocenters. The summed E-state index contributed by atoms with van der Waals surface area (Å²) in [6.07, 6.45) is 8.09. The lowest BCUT2D eigenvalue weighted by atomic mass is 9.87. The molecule has 3 nitrogen and oxygen atoms in total. The van der Waals surface area contributed by atoms with Gasteiger partial charge in [-0.05, 0) is 18.8 Å². The number of oxazole rings is 1. The maximum Gasteiger partial charge on any atom is 0.208 e. The highest BCUT2D eigenvalue weighted by Gasteiger charge is 2.18. The zero-order valence-electron chi connectivity index (χ0n) is 10.3. The van der Waals surface area contributed by atoms with Gasteiger partial charge in [0.25, 0.3) is 0 Å². The van der Waals surface area contributed by atoms with E-state index in [0.717, 1.165) is 30.5 Å². The molecule has 1 aliphatic rings. The molecule has 0 amide bonds. The van der Waals surface area contributed by atoms with Gasteiger partial charge >= 0.3 is 0 Å². The van der Waals surface area contributed by atoms with Crippen molar-refractivity contribution in [1.82, 2.24) is 10.3 Å². The van der Waals surface area contributed by atoms with E-state index in [0.29, 0.717) is 6.04 Å². The summed E-state index contributed by atoms with van der Waals surface area (Å²) >= 11 is 0. The Morgan fingerprint density at radius 3 is 3.06 bits per heavy atom. The fourth-order valence-electron chi connectivity index (χ4n) is 2.44. The summed E-state index contributed by atoms with van der Waals surface area (Å²) in [4.78, 5) is 4.26. The van der Waals surface area contributed by atoms with Crippen molar-refractivity contribution in [3.63, 3.8) is 0 Å². The third-order valence-corrected chi connectivity index (χ3v) is 3.43. The Morgan fingerprint density at radius 1 is 1.50 bits per heavy atom. The summed E-state index contributed by atoms with van der Waals surface area (Å²) in [5.74, 6) is 2.67. The minimum atomic E-state index is 0.653. The van der Waals surface area contributed by atoms with Gasteiger partial charge in [0.1, 0.15) is 5.76 Å². The molecule has 0 saturated heterocycles. The van der Waals surface area contributed by atoms with Crippen LogP contribution >= 0.6 is 0 Å². The van der Waals surface area contributed by atoms with Crippen LogP contribution in [0.1, 0.15) is 51.2 Å². The number of nitrogens with zero attached hydrogens (tertiary/aromatic N) is 1. The monoisotopic (exact) mass is 222 g/mol. The van der Waals surface area contributed by atoms with Crippen LogP contribution in [0.25, 0.3) is 0 Å². The Morgan fingerprint density at radius 2 is 2.38 bits per heavy atom. The van der Waals surface area contributed by atoms with Gasteiger partial charge < -0.3 is 9.73 Å². The van der Waals surface area contributed by atoms with E-state index in [9.17, 15) is 0 Å². The van der Waals surface area contributed by atoms with E-state index in [1.54, 1.807) is 0 Å². The van der Waals surface area contributed by atoms with Crippen molar-refractivity contribution in [3.8, 4) is 0 Å². The van der Waals surface area contributed by atoms with Gasteiger partial charge in [-0.2, -0.15) is 0 Å². The summed E-state index contributed by atoms with van der Waals surface area (Å²) in [6, 6.07) is 0.653. The number of hydrogen-bond donors (Lipinski definition) is 1. The van der Waals surface area contributed by atoms with Crippen LogP contribution in [0.5, 0.6) is 0 Å². The Kier molecular flexibility index (Phi) is 3.99. The largest absolute Gasteiger partial charge is 0.444 e. The van der Waals surface area contributed by atoms with E-state index in [1.165, 1.54) is 25.7 Å². The minimum absolute atomic E-state index is 0.653. The van der Waals surface area contributed by atoms with E-state index in [4.69, 9.17) is 4.42 Å². The number of nitrogens with one attached hydrogen (secondary N) is 1. The summed E-state index contributed by atoms with van der Waals surface area (Å²) in [6.45, 7) is 5.20. The first-order valence-corrected chi connectivity index (χ1v) is 6.45. The van der Waals surface area contributed by atoms with Crippen molar-refractivity contribution in [2.24, 2.45) is 5.92 Å². The summed E-state index contributed by atoms with van der Waals surface area (Å²) in [5.41, 5.74) is 0. The molecule has 0 radical (unpaired) electrons. The molecule has 0 spiro atoms. The van der Waals surface area contributed by atoms with Gasteiger partial charge in [0.2, 0.25) is 5.89 Å². The second-order valence-corrected chi connectivity index (χ2v) is 4.92. The average molecular weight is 222 g/mol. The first kappa shape index (κ1) is 11.6. The first-order valence-electron chi connectivity index (χ1n) is 6.45. The lowest BCUT2D eigenvalue weighted by Crippen LogP contribution is -2.33. The molecule has 1 heterocycles. The van der Waals surface area contributed by atoms with Gasteiger partial charge in [-0.3, -0.25) is 0 Å². The van der Waals surface area contributed by atoms with Gasteiger partial charge in [-0.1, -0.05) is 26.7 Å². The Balaban J connectivity index is 1.78. The number of aromatic nitrogens is 1. The van der Waals surface area contributed by atoms with Crippen LogP contribution in [0, 0.1) is 5.92 Å². The average Bonchev–Trinajstić information content (AvgIpc) is 2.74. The molecular weight excluding hydrogens is 200 g/mol. The van der Waals surface area contributed by atoms with Crippen LogP contribution in [-0.2, 0) is 13.0 Å². The van der Waals surface area contributed by atoms with E-state index in [1.807, 2.05) is 6.20 Å². The third-order valence-electron chi connectivity index (χ3n) is 3.43. The quantitative estimate of drug-likeness (QED) is 0.851. The van der Waals surface area contributed by atoms with Crippen molar-refractivity contribution < 1.29 is 4.42 Å². The minimum Gasteiger partial charge on any atom is -0.444 e. The molecule has 1 aromatic heterocycles.